The zero-order chi connectivity index (χ0) is 20.1. The molecular weight excluding hydrogens is 352 g/mol. The van der Waals surface area contributed by atoms with Gasteiger partial charge in [-0.05, 0) is 63.6 Å². The van der Waals surface area contributed by atoms with Gasteiger partial charge in [-0.1, -0.05) is 30.3 Å². The van der Waals surface area contributed by atoms with Crippen LogP contribution in [0.15, 0.2) is 36.4 Å². The van der Waals surface area contributed by atoms with Crippen LogP contribution in [0.4, 0.5) is 0 Å². The lowest BCUT2D eigenvalue weighted by atomic mass is 9.75. The molecular formula is C23H30N2O3. The summed E-state index contributed by atoms with van der Waals surface area (Å²) < 4.78 is 5.45. The molecule has 1 fully saturated rings. The van der Waals surface area contributed by atoms with E-state index in [9.17, 15) is 9.59 Å². The number of likely N-dealkylation sites (tertiary alicyclic amines) is 1. The van der Waals surface area contributed by atoms with E-state index in [4.69, 9.17) is 4.74 Å². The number of aryl methyl sites for hydroxylation is 3. The number of benzene rings is 1. The van der Waals surface area contributed by atoms with Gasteiger partial charge in [0, 0.05) is 18.8 Å². The molecule has 0 saturated carbocycles. The van der Waals surface area contributed by atoms with E-state index in [1.165, 1.54) is 5.56 Å². The SMILES string of the molecule is CCOC(=O)C1(CCc2ccccc2)CCCN(C(=O)c2[nH]c(C)cc2C)C1. The number of rotatable bonds is 6. The van der Waals surface area contributed by atoms with Gasteiger partial charge in [0.15, 0.2) is 0 Å². The number of nitrogens with zero attached hydrogens (tertiary/aromatic N) is 1. The number of carbonyl (C=O) groups is 2. The van der Waals surface area contributed by atoms with E-state index >= 15 is 0 Å². The minimum Gasteiger partial charge on any atom is -0.466 e. The van der Waals surface area contributed by atoms with Crippen molar-refractivity contribution in [1.29, 1.82) is 0 Å². The molecule has 1 atom stereocenters. The molecule has 2 aromatic rings. The summed E-state index contributed by atoms with van der Waals surface area (Å²) in [6.45, 7) is 7.16. The molecule has 1 unspecified atom stereocenters. The first kappa shape index (κ1) is 20.2. The summed E-state index contributed by atoms with van der Waals surface area (Å²) in [5.74, 6) is -0.207. The third-order valence-corrected chi connectivity index (χ3v) is 5.67. The normalized spacial score (nSPS) is 19.5. The first-order valence-corrected chi connectivity index (χ1v) is 10.1. The Morgan fingerprint density at radius 3 is 2.61 bits per heavy atom. The van der Waals surface area contributed by atoms with Crippen LogP contribution in [0.1, 0.15) is 53.5 Å². The second kappa shape index (κ2) is 8.63. The van der Waals surface area contributed by atoms with Gasteiger partial charge in [0.05, 0.1) is 12.0 Å². The smallest absolute Gasteiger partial charge is 0.313 e. The van der Waals surface area contributed by atoms with E-state index in [2.05, 4.69) is 17.1 Å². The van der Waals surface area contributed by atoms with Crippen LogP contribution in [0.2, 0.25) is 0 Å². The zero-order valence-electron chi connectivity index (χ0n) is 17.1. The van der Waals surface area contributed by atoms with E-state index in [0.29, 0.717) is 31.8 Å². The Morgan fingerprint density at radius 1 is 1.21 bits per heavy atom. The molecule has 0 spiro atoms. The highest BCUT2D eigenvalue weighted by Crippen LogP contribution is 2.37. The predicted molar refractivity (Wildman–Crippen MR) is 109 cm³/mol. The molecule has 1 N–H and O–H groups in total. The number of aromatic amines is 1. The standard InChI is InChI=1S/C23H30N2O3/c1-4-28-22(27)23(13-11-19-9-6-5-7-10-19)12-8-14-25(16-23)21(26)20-17(2)15-18(3)24-20/h5-7,9-10,15,24H,4,8,11-14,16H2,1-3H3. The fourth-order valence-electron chi connectivity index (χ4n) is 4.20. The summed E-state index contributed by atoms with van der Waals surface area (Å²) in [6.07, 6.45) is 3.04. The topological polar surface area (TPSA) is 62.4 Å². The van der Waals surface area contributed by atoms with E-state index in [1.807, 2.05) is 49.9 Å². The molecule has 0 aliphatic carbocycles. The van der Waals surface area contributed by atoms with Crippen LogP contribution in [0.5, 0.6) is 0 Å². The van der Waals surface area contributed by atoms with Gasteiger partial charge in [0.2, 0.25) is 0 Å². The summed E-state index contributed by atoms with van der Waals surface area (Å²) in [7, 11) is 0. The van der Waals surface area contributed by atoms with Gasteiger partial charge in [-0.2, -0.15) is 0 Å². The summed E-state index contributed by atoms with van der Waals surface area (Å²) in [6, 6.07) is 12.2. The van der Waals surface area contributed by atoms with Crippen LogP contribution >= 0.6 is 0 Å². The summed E-state index contributed by atoms with van der Waals surface area (Å²) >= 11 is 0. The lowest BCUT2D eigenvalue weighted by Gasteiger charge is -2.41. The molecule has 1 aliphatic rings. The van der Waals surface area contributed by atoms with Gasteiger partial charge < -0.3 is 14.6 Å². The minimum absolute atomic E-state index is 0.0290. The molecule has 1 amide bonds. The van der Waals surface area contributed by atoms with Gasteiger partial charge in [-0.25, -0.2) is 0 Å². The maximum Gasteiger partial charge on any atom is 0.313 e. The van der Waals surface area contributed by atoms with Crippen molar-refractivity contribution < 1.29 is 14.3 Å². The average molecular weight is 383 g/mol. The van der Waals surface area contributed by atoms with Crippen molar-refractivity contribution >= 4 is 11.9 Å². The Bertz CT molecular complexity index is 828. The van der Waals surface area contributed by atoms with Crippen LogP contribution in [0.3, 0.4) is 0 Å². The highest BCUT2D eigenvalue weighted by atomic mass is 16.5. The first-order valence-electron chi connectivity index (χ1n) is 10.1. The van der Waals surface area contributed by atoms with Crippen molar-refractivity contribution in [2.45, 2.75) is 46.5 Å². The lowest BCUT2D eigenvalue weighted by Crippen LogP contribution is -2.51. The monoisotopic (exact) mass is 382 g/mol. The number of H-pyrrole nitrogens is 1. The maximum absolute atomic E-state index is 13.1. The summed E-state index contributed by atoms with van der Waals surface area (Å²) in [5.41, 5.74) is 3.10. The van der Waals surface area contributed by atoms with Gasteiger partial charge in [0.25, 0.3) is 5.91 Å². The molecule has 1 aromatic heterocycles. The van der Waals surface area contributed by atoms with Gasteiger partial charge in [0.1, 0.15) is 5.69 Å². The molecule has 0 bridgehead atoms. The molecule has 3 rings (SSSR count). The number of hydrogen-bond acceptors (Lipinski definition) is 3. The third kappa shape index (κ3) is 4.29. The van der Waals surface area contributed by atoms with Crippen molar-refractivity contribution in [3.8, 4) is 0 Å². The second-order valence-electron chi connectivity index (χ2n) is 7.83. The Balaban J connectivity index is 1.81. The molecule has 1 aliphatic heterocycles. The molecule has 2 heterocycles. The predicted octanol–water partition coefficient (Wildman–Crippen LogP) is 4.05. The van der Waals surface area contributed by atoms with Crippen LogP contribution < -0.4 is 0 Å². The largest absolute Gasteiger partial charge is 0.466 e. The first-order chi connectivity index (χ1) is 13.4. The van der Waals surface area contributed by atoms with Crippen LogP contribution in [-0.2, 0) is 16.0 Å². The van der Waals surface area contributed by atoms with Crippen molar-refractivity contribution in [3.05, 3.63) is 58.9 Å². The Hall–Kier alpha value is -2.56. The lowest BCUT2D eigenvalue weighted by molar-refractivity contribution is -0.159. The van der Waals surface area contributed by atoms with E-state index in [-0.39, 0.29) is 11.9 Å². The van der Waals surface area contributed by atoms with Crippen molar-refractivity contribution in [2.24, 2.45) is 5.41 Å². The molecule has 150 valence electrons. The number of hydrogen-bond donors (Lipinski definition) is 1. The highest BCUT2D eigenvalue weighted by molar-refractivity contribution is 5.94. The fourth-order valence-corrected chi connectivity index (χ4v) is 4.20. The van der Waals surface area contributed by atoms with E-state index < -0.39 is 5.41 Å². The Labute approximate surface area is 167 Å². The Kier molecular flexibility index (Phi) is 6.22. The van der Waals surface area contributed by atoms with Crippen LogP contribution in [0.25, 0.3) is 0 Å². The van der Waals surface area contributed by atoms with E-state index in [1.54, 1.807) is 0 Å². The average Bonchev–Trinajstić information content (AvgIpc) is 3.05. The van der Waals surface area contributed by atoms with Crippen LogP contribution in [-0.4, -0.2) is 41.5 Å². The zero-order valence-corrected chi connectivity index (χ0v) is 17.1. The van der Waals surface area contributed by atoms with Crippen LogP contribution in [0, 0.1) is 19.3 Å². The quantitative estimate of drug-likeness (QED) is 0.767. The molecule has 1 saturated heterocycles. The van der Waals surface area contributed by atoms with Gasteiger partial charge in [-0.3, -0.25) is 9.59 Å². The molecule has 28 heavy (non-hydrogen) atoms. The van der Waals surface area contributed by atoms with Crippen molar-refractivity contribution in [1.82, 2.24) is 9.88 Å². The van der Waals surface area contributed by atoms with Crippen molar-refractivity contribution in [3.63, 3.8) is 0 Å². The molecule has 5 nitrogen and oxygen atoms in total. The molecule has 1 aromatic carbocycles. The number of nitrogens with one attached hydrogen (secondary N) is 1. The number of aromatic nitrogens is 1. The van der Waals surface area contributed by atoms with Crippen molar-refractivity contribution in [2.75, 3.05) is 19.7 Å². The number of carbonyl (C=O) groups excluding carboxylic acids is 2. The van der Waals surface area contributed by atoms with Gasteiger partial charge in [-0.15, -0.1) is 0 Å². The Morgan fingerprint density at radius 2 is 1.96 bits per heavy atom. The van der Waals surface area contributed by atoms with Gasteiger partial charge >= 0.3 is 5.97 Å². The number of amides is 1. The second-order valence-corrected chi connectivity index (χ2v) is 7.83. The number of ether oxygens (including phenoxy) is 1. The number of esters is 1. The number of piperidine rings is 1. The summed E-state index contributed by atoms with van der Waals surface area (Å²) in [4.78, 5) is 31.1. The molecule has 5 heteroatoms. The summed E-state index contributed by atoms with van der Waals surface area (Å²) in [5, 5.41) is 0. The molecule has 0 radical (unpaired) electrons. The highest BCUT2D eigenvalue weighted by Gasteiger charge is 2.44. The maximum atomic E-state index is 13.1. The third-order valence-electron chi connectivity index (χ3n) is 5.67. The fraction of sp³-hybridized carbons (Fsp3) is 0.478. The van der Waals surface area contributed by atoms with E-state index in [0.717, 1.165) is 30.5 Å². The minimum atomic E-state index is -0.644.